The molecule has 1 aliphatic heterocycles. The van der Waals surface area contributed by atoms with Gasteiger partial charge in [0.15, 0.2) is 0 Å². The van der Waals surface area contributed by atoms with E-state index in [1.807, 2.05) is 18.8 Å². The van der Waals surface area contributed by atoms with Crippen LogP contribution < -0.4 is 0 Å². The van der Waals surface area contributed by atoms with E-state index in [0.717, 1.165) is 5.75 Å². The van der Waals surface area contributed by atoms with Crippen LogP contribution in [0.5, 0.6) is 0 Å². The van der Waals surface area contributed by atoms with Crippen molar-refractivity contribution < 1.29 is 10.2 Å². The van der Waals surface area contributed by atoms with E-state index in [-0.39, 0.29) is 6.61 Å². The first-order valence-electron chi connectivity index (χ1n) is 4.31. The Labute approximate surface area is 77.8 Å². The largest absolute Gasteiger partial charge is 0.394 e. The summed E-state index contributed by atoms with van der Waals surface area (Å²) in [5.74, 6) is 2.39. The van der Waals surface area contributed by atoms with Gasteiger partial charge >= 0.3 is 0 Å². The number of nitrogens with zero attached hydrogens (tertiary/aromatic N) is 1. The van der Waals surface area contributed by atoms with Gasteiger partial charge in [-0.2, -0.15) is 11.8 Å². The van der Waals surface area contributed by atoms with Crippen molar-refractivity contribution in [3.8, 4) is 0 Å². The monoisotopic (exact) mass is 191 g/mol. The molecule has 2 atom stereocenters. The summed E-state index contributed by atoms with van der Waals surface area (Å²) in [6, 6.07) is 0.594. The summed E-state index contributed by atoms with van der Waals surface area (Å²) < 4.78 is 0. The molecule has 1 fully saturated rings. The third-order valence-electron chi connectivity index (χ3n) is 2.24. The fourth-order valence-corrected chi connectivity index (χ4v) is 2.71. The van der Waals surface area contributed by atoms with Gasteiger partial charge in [0.2, 0.25) is 0 Å². The molecule has 12 heavy (non-hydrogen) atoms. The van der Waals surface area contributed by atoms with Crippen LogP contribution in [0.2, 0.25) is 0 Å². The first kappa shape index (κ1) is 10.3. The van der Waals surface area contributed by atoms with E-state index in [4.69, 9.17) is 5.11 Å². The lowest BCUT2D eigenvalue weighted by molar-refractivity contribution is 0.0576. The van der Waals surface area contributed by atoms with Crippen molar-refractivity contribution in [2.45, 2.75) is 18.6 Å². The molecule has 4 heteroatoms. The molecule has 0 aromatic rings. The number of hydrogen-bond acceptors (Lipinski definition) is 4. The summed E-state index contributed by atoms with van der Waals surface area (Å²) in [4.78, 5) is 2.14. The maximum Gasteiger partial charge on any atom is 0.0897 e. The van der Waals surface area contributed by atoms with Gasteiger partial charge < -0.3 is 10.2 Å². The zero-order valence-corrected chi connectivity index (χ0v) is 8.26. The van der Waals surface area contributed by atoms with Crippen molar-refractivity contribution in [2.24, 2.45) is 0 Å². The predicted octanol–water partition coefficient (Wildman–Crippen LogP) is -0.223. The molecular weight excluding hydrogens is 174 g/mol. The van der Waals surface area contributed by atoms with Gasteiger partial charge in [0.05, 0.1) is 12.7 Å². The van der Waals surface area contributed by atoms with E-state index >= 15 is 0 Å². The maximum absolute atomic E-state index is 9.19. The summed E-state index contributed by atoms with van der Waals surface area (Å²) >= 11 is 1.96. The highest BCUT2D eigenvalue weighted by Gasteiger charge is 2.21. The lowest BCUT2D eigenvalue weighted by atomic mass is 10.2. The quantitative estimate of drug-likeness (QED) is 0.644. The van der Waals surface area contributed by atoms with Crippen LogP contribution in [0.3, 0.4) is 0 Å². The van der Waals surface area contributed by atoms with Crippen LogP contribution in [0, 0.1) is 0 Å². The van der Waals surface area contributed by atoms with E-state index in [2.05, 4.69) is 4.90 Å². The molecule has 0 amide bonds. The van der Waals surface area contributed by atoms with Crippen molar-refractivity contribution in [1.82, 2.24) is 4.90 Å². The lowest BCUT2D eigenvalue weighted by Crippen LogP contribution is -2.38. The van der Waals surface area contributed by atoms with Gasteiger partial charge in [-0.3, -0.25) is 4.90 Å². The van der Waals surface area contributed by atoms with E-state index in [1.54, 1.807) is 0 Å². The van der Waals surface area contributed by atoms with E-state index < -0.39 is 6.10 Å². The van der Waals surface area contributed by atoms with Gasteiger partial charge in [-0.05, 0) is 19.2 Å². The molecule has 1 heterocycles. The smallest absolute Gasteiger partial charge is 0.0897 e. The number of aliphatic hydroxyl groups excluding tert-OH is 2. The molecule has 1 aliphatic rings. The highest BCUT2D eigenvalue weighted by Crippen LogP contribution is 2.21. The van der Waals surface area contributed by atoms with Crippen molar-refractivity contribution >= 4 is 11.8 Å². The van der Waals surface area contributed by atoms with E-state index in [1.165, 1.54) is 12.2 Å². The van der Waals surface area contributed by atoms with Crippen molar-refractivity contribution in [1.29, 1.82) is 0 Å². The molecule has 2 N–H and O–H groups in total. The van der Waals surface area contributed by atoms with Gasteiger partial charge in [0, 0.05) is 18.3 Å². The molecule has 1 saturated heterocycles. The topological polar surface area (TPSA) is 43.7 Å². The molecule has 0 aliphatic carbocycles. The summed E-state index contributed by atoms with van der Waals surface area (Å²) in [6.45, 7) is 0.450. The molecular formula is C8H17NO2S. The van der Waals surface area contributed by atoms with Crippen LogP contribution in [0.4, 0.5) is 0 Å². The molecule has 2 unspecified atom stereocenters. The minimum absolute atomic E-state index is 0.135. The molecule has 3 nitrogen and oxygen atoms in total. The average Bonchev–Trinajstić information content (AvgIpc) is 2.56. The van der Waals surface area contributed by atoms with E-state index in [9.17, 15) is 5.11 Å². The fraction of sp³-hybridized carbons (Fsp3) is 1.00. The normalized spacial score (nSPS) is 26.5. The second-order valence-corrected chi connectivity index (χ2v) is 4.44. The summed E-state index contributed by atoms with van der Waals surface area (Å²) in [5.41, 5.74) is 0. The van der Waals surface area contributed by atoms with Gasteiger partial charge in [-0.15, -0.1) is 0 Å². The van der Waals surface area contributed by atoms with Crippen LogP contribution in [-0.2, 0) is 0 Å². The predicted molar refractivity (Wildman–Crippen MR) is 51.5 cm³/mol. The summed E-state index contributed by atoms with van der Waals surface area (Å²) in [5, 5.41) is 17.8. The number of thioether (sulfide) groups is 1. The first-order valence-corrected chi connectivity index (χ1v) is 5.46. The van der Waals surface area contributed by atoms with Gasteiger partial charge in [-0.1, -0.05) is 0 Å². The van der Waals surface area contributed by atoms with Crippen LogP contribution in [0.25, 0.3) is 0 Å². The van der Waals surface area contributed by atoms with Crippen molar-refractivity contribution in [3.63, 3.8) is 0 Å². The maximum atomic E-state index is 9.19. The molecule has 72 valence electrons. The van der Waals surface area contributed by atoms with Gasteiger partial charge in [-0.25, -0.2) is 0 Å². The molecule has 0 aromatic carbocycles. The molecule has 0 aromatic heterocycles. The molecule has 0 bridgehead atoms. The lowest BCUT2D eigenvalue weighted by Gasteiger charge is -2.25. The number of rotatable bonds is 4. The Hall–Kier alpha value is 0.230. The average molecular weight is 191 g/mol. The van der Waals surface area contributed by atoms with Crippen LogP contribution >= 0.6 is 11.8 Å². The SMILES string of the molecule is CN(CC(O)CO)C1CCSC1. The highest BCUT2D eigenvalue weighted by molar-refractivity contribution is 7.99. The van der Waals surface area contributed by atoms with E-state index in [0.29, 0.717) is 12.6 Å². The Morgan fingerprint density at radius 1 is 1.67 bits per heavy atom. The third-order valence-corrected chi connectivity index (χ3v) is 3.38. The molecule has 1 rings (SSSR count). The van der Waals surface area contributed by atoms with Gasteiger partial charge in [0.25, 0.3) is 0 Å². The Morgan fingerprint density at radius 2 is 2.42 bits per heavy atom. The Balaban J connectivity index is 2.21. The second kappa shape index (κ2) is 5.07. The Bertz CT molecular complexity index is 128. The second-order valence-electron chi connectivity index (χ2n) is 3.29. The Kier molecular flexibility index (Phi) is 4.35. The van der Waals surface area contributed by atoms with Crippen molar-refractivity contribution in [2.75, 3.05) is 31.7 Å². The molecule has 0 radical (unpaired) electrons. The minimum atomic E-state index is -0.583. The highest BCUT2D eigenvalue weighted by atomic mass is 32.2. The van der Waals surface area contributed by atoms with Crippen molar-refractivity contribution in [3.05, 3.63) is 0 Å². The number of aliphatic hydroxyl groups is 2. The molecule has 0 spiro atoms. The first-order chi connectivity index (χ1) is 5.74. The zero-order valence-electron chi connectivity index (χ0n) is 7.44. The van der Waals surface area contributed by atoms with Crippen LogP contribution in [0.1, 0.15) is 6.42 Å². The number of likely N-dealkylation sites (N-methyl/N-ethyl adjacent to an activating group) is 1. The summed E-state index contributed by atoms with van der Waals surface area (Å²) in [7, 11) is 2.01. The van der Waals surface area contributed by atoms with Crippen LogP contribution in [0.15, 0.2) is 0 Å². The Morgan fingerprint density at radius 3 is 2.92 bits per heavy atom. The fourth-order valence-electron chi connectivity index (χ4n) is 1.41. The minimum Gasteiger partial charge on any atom is -0.394 e. The summed E-state index contributed by atoms with van der Waals surface area (Å²) in [6.07, 6.45) is 0.625. The van der Waals surface area contributed by atoms with Gasteiger partial charge in [0.1, 0.15) is 0 Å². The zero-order chi connectivity index (χ0) is 8.97. The third kappa shape index (κ3) is 2.94. The molecule has 0 saturated carbocycles. The van der Waals surface area contributed by atoms with Crippen LogP contribution in [-0.4, -0.2) is 59.0 Å². The standard InChI is InChI=1S/C8H17NO2S/c1-9(4-8(11)5-10)7-2-3-12-6-7/h7-8,10-11H,2-6H2,1H3. The number of hydrogen-bond donors (Lipinski definition) is 2.